The van der Waals surface area contributed by atoms with E-state index in [0.717, 1.165) is 9.80 Å². The first kappa shape index (κ1) is 18.5. The van der Waals surface area contributed by atoms with Gasteiger partial charge in [-0.1, -0.05) is 0 Å². The molecule has 0 radical (unpaired) electrons. The average Bonchev–Trinajstić information content (AvgIpc) is 2.01. The van der Waals surface area contributed by atoms with E-state index in [1.54, 1.807) is 0 Å². The van der Waals surface area contributed by atoms with Crippen molar-refractivity contribution >= 4 is 19.2 Å². The van der Waals surface area contributed by atoms with Crippen LogP contribution in [0.5, 0.6) is 0 Å². The Hall–Kier alpha value is 0.130. The largest absolute Gasteiger partial charge is 1.00 e. The van der Waals surface area contributed by atoms with Gasteiger partial charge in [0.1, 0.15) is 0 Å². The van der Waals surface area contributed by atoms with Gasteiger partial charge in [0.05, 0.1) is 19.9 Å². The molecular weight excluding hydrogens is 242 g/mol. The summed E-state index contributed by atoms with van der Waals surface area (Å²) in [6.45, 7) is 2.57. The summed E-state index contributed by atoms with van der Waals surface area (Å²) in [4.78, 5) is 35.4. The number of hydrogen-bond acceptors (Lipinski definition) is 4. The van der Waals surface area contributed by atoms with E-state index in [1.165, 1.54) is 27.9 Å². The van der Waals surface area contributed by atoms with Crippen molar-refractivity contribution < 1.29 is 48.6 Å². The van der Waals surface area contributed by atoms with Gasteiger partial charge in [-0.05, 0) is 0 Å². The third kappa shape index (κ3) is 7.41. The summed E-state index contributed by atoms with van der Waals surface area (Å²) < 4.78 is 11.5. The van der Waals surface area contributed by atoms with Gasteiger partial charge in [-0.2, -0.15) is 0 Å². The van der Waals surface area contributed by atoms with Gasteiger partial charge in [0, 0.05) is 27.9 Å². The molecule has 0 heterocycles. The second kappa shape index (κ2) is 7.45. The minimum absolute atomic E-state index is 0. The van der Waals surface area contributed by atoms with Gasteiger partial charge in [0.2, 0.25) is 11.8 Å². The Morgan fingerprint density at radius 3 is 1.50 bits per heavy atom. The Balaban J connectivity index is 0. The summed E-state index contributed by atoms with van der Waals surface area (Å²) in [5.41, 5.74) is 0. The smallest absolute Gasteiger partial charge is 0.797 e. The summed E-state index contributed by atoms with van der Waals surface area (Å²) in [5, 5.41) is 0. The molecule has 0 fully saturated rings. The van der Waals surface area contributed by atoms with Crippen LogP contribution < -0.4 is 34.5 Å². The van der Waals surface area contributed by atoms with Crippen LogP contribution >= 0.6 is 7.37 Å². The van der Waals surface area contributed by atoms with Gasteiger partial charge in [0.25, 0.3) is 0 Å². The van der Waals surface area contributed by atoms with E-state index in [0.29, 0.717) is 0 Å². The van der Waals surface area contributed by atoms with Crippen LogP contribution in [-0.2, 0) is 14.2 Å². The minimum atomic E-state index is -3.75. The molecule has 0 aromatic carbocycles. The van der Waals surface area contributed by atoms with E-state index < -0.39 is 7.37 Å². The molecule has 16 heavy (non-hydrogen) atoms. The van der Waals surface area contributed by atoms with Crippen molar-refractivity contribution in [3.8, 4) is 0 Å². The van der Waals surface area contributed by atoms with Crippen molar-refractivity contribution in [1.29, 1.82) is 0 Å². The van der Waals surface area contributed by atoms with Crippen LogP contribution in [0.2, 0.25) is 0 Å². The molecule has 2 amide bonds. The van der Waals surface area contributed by atoms with Gasteiger partial charge >= 0.3 is 29.6 Å². The Morgan fingerprint density at radius 1 is 1.06 bits per heavy atom. The fourth-order valence-electron chi connectivity index (χ4n) is 0.890. The Kier molecular flexibility index (Phi) is 8.62. The number of rotatable bonds is 4. The van der Waals surface area contributed by atoms with Gasteiger partial charge < -0.3 is 19.3 Å². The summed E-state index contributed by atoms with van der Waals surface area (Å²) in [6.07, 6.45) is -0.695. The average molecular weight is 258 g/mol. The van der Waals surface area contributed by atoms with Gasteiger partial charge in [0.15, 0.2) is 0 Å². The van der Waals surface area contributed by atoms with Crippen LogP contribution in [0.15, 0.2) is 0 Å². The Labute approximate surface area is 118 Å². The first-order valence-electron chi connectivity index (χ1n) is 4.38. The van der Waals surface area contributed by atoms with Crippen molar-refractivity contribution in [3.63, 3.8) is 0 Å². The third-order valence-electron chi connectivity index (χ3n) is 1.93. The second-order valence-corrected chi connectivity index (χ2v) is 5.73. The summed E-state index contributed by atoms with van der Waals surface area (Å²) in [6, 6.07) is 0. The Morgan fingerprint density at radius 2 is 1.31 bits per heavy atom. The molecule has 0 atom stereocenters. The molecule has 0 aliphatic carbocycles. The zero-order valence-corrected chi connectivity index (χ0v) is 13.3. The second-order valence-electron chi connectivity index (χ2n) is 3.53. The summed E-state index contributed by atoms with van der Waals surface area (Å²) in [5.74, 6) is -0.645. The first-order chi connectivity index (χ1) is 6.65. The molecule has 0 aliphatic heterocycles. The fourth-order valence-corrected chi connectivity index (χ4v) is 2.67. The SMILES string of the molecule is CC(=O)N(C)CP(=O)([O-])CN(C)C(C)=O.[Na+]. The van der Waals surface area contributed by atoms with Gasteiger partial charge in [-0.3, -0.25) is 9.59 Å². The van der Waals surface area contributed by atoms with Crippen molar-refractivity contribution in [2.75, 3.05) is 26.7 Å². The number of amides is 2. The molecule has 0 spiro atoms. The number of carbonyl (C=O) groups excluding carboxylic acids is 2. The Bertz CT molecular complexity index is 284. The minimum Gasteiger partial charge on any atom is -0.797 e. The molecule has 0 aromatic heterocycles. The standard InChI is InChI=1S/C8H17N2O4P.Na/c1-7(11)9(3)5-15(13,14)6-10(4)8(2)12;/h5-6H2,1-4H3,(H,13,14);/q;+1/p-1. The molecule has 0 bridgehead atoms. The maximum Gasteiger partial charge on any atom is 1.00 e. The zero-order chi connectivity index (χ0) is 12.2. The van der Waals surface area contributed by atoms with Crippen molar-refractivity contribution in [2.24, 2.45) is 0 Å². The molecule has 88 valence electrons. The van der Waals surface area contributed by atoms with E-state index >= 15 is 0 Å². The van der Waals surface area contributed by atoms with E-state index in [-0.39, 0.29) is 53.9 Å². The van der Waals surface area contributed by atoms with Crippen LogP contribution in [0, 0.1) is 0 Å². The topological polar surface area (TPSA) is 80.8 Å². The van der Waals surface area contributed by atoms with Crippen LogP contribution in [0.25, 0.3) is 0 Å². The van der Waals surface area contributed by atoms with Gasteiger partial charge in [-0.25, -0.2) is 0 Å². The molecule has 0 saturated heterocycles. The molecule has 0 aliphatic rings. The van der Waals surface area contributed by atoms with E-state index in [9.17, 15) is 19.0 Å². The quantitative estimate of drug-likeness (QED) is 0.387. The first-order valence-corrected chi connectivity index (χ1v) is 6.38. The van der Waals surface area contributed by atoms with Crippen molar-refractivity contribution in [3.05, 3.63) is 0 Å². The molecule has 0 aromatic rings. The van der Waals surface area contributed by atoms with Crippen LogP contribution in [-0.4, -0.2) is 48.3 Å². The molecule has 6 nitrogen and oxygen atoms in total. The molecule has 0 unspecified atom stereocenters. The van der Waals surface area contributed by atoms with Crippen molar-refractivity contribution in [1.82, 2.24) is 9.80 Å². The fraction of sp³-hybridized carbons (Fsp3) is 0.750. The molecular formula is C8H16N2NaO4P. The number of nitrogens with zero attached hydrogens (tertiary/aromatic N) is 2. The van der Waals surface area contributed by atoms with E-state index in [4.69, 9.17) is 0 Å². The number of hydrogen-bond donors (Lipinski definition) is 0. The molecule has 0 N–H and O–H groups in total. The maximum atomic E-state index is 11.5. The summed E-state index contributed by atoms with van der Waals surface area (Å²) in [7, 11) is -0.946. The van der Waals surface area contributed by atoms with Crippen molar-refractivity contribution in [2.45, 2.75) is 13.8 Å². The normalized spacial score (nSPS) is 10.3. The number of carbonyl (C=O) groups is 2. The van der Waals surface area contributed by atoms with E-state index in [2.05, 4.69) is 0 Å². The van der Waals surface area contributed by atoms with Crippen LogP contribution in [0.1, 0.15) is 13.8 Å². The van der Waals surface area contributed by atoms with Crippen LogP contribution in [0.4, 0.5) is 0 Å². The maximum absolute atomic E-state index is 11.5. The summed E-state index contributed by atoms with van der Waals surface area (Å²) >= 11 is 0. The molecule has 0 saturated carbocycles. The monoisotopic (exact) mass is 258 g/mol. The molecule has 0 rings (SSSR count). The third-order valence-corrected chi connectivity index (χ3v) is 3.64. The predicted molar refractivity (Wildman–Crippen MR) is 54.2 cm³/mol. The zero-order valence-electron chi connectivity index (χ0n) is 10.4. The predicted octanol–water partition coefficient (Wildman–Crippen LogP) is -3.50. The molecule has 8 heteroatoms. The van der Waals surface area contributed by atoms with E-state index in [1.807, 2.05) is 0 Å². The van der Waals surface area contributed by atoms with Gasteiger partial charge in [-0.15, -0.1) is 0 Å². The van der Waals surface area contributed by atoms with Crippen LogP contribution in [0.3, 0.4) is 0 Å².